The number of aryl methyl sites for hydroxylation is 1. The standard InChI is InChI=1S/C17H19BrN2O/c1-11-4-9-15(19)14(10-11)16(21)20-17(2,3)12-5-7-13(18)8-6-12/h4-10H,19H2,1-3H3,(H,20,21). The van der Waals surface area contributed by atoms with Gasteiger partial charge in [0.05, 0.1) is 11.1 Å². The third-order valence-electron chi connectivity index (χ3n) is 3.45. The van der Waals surface area contributed by atoms with Crippen molar-refractivity contribution in [2.45, 2.75) is 26.3 Å². The molecule has 0 spiro atoms. The van der Waals surface area contributed by atoms with Crippen molar-refractivity contribution in [3.63, 3.8) is 0 Å². The zero-order chi connectivity index (χ0) is 15.6. The van der Waals surface area contributed by atoms with E-state index in [9.17, 15) is 4.79 Å². The lowest BCUT2D eigenvalue weighted by atomic mass is 9.93. The van der Waals surface area contributed by atoms with E-state index in [1.165, 1.54) is 0 Å². The first-order valence-electron chi connectivity index (χ1n) is 6.74. The summed E-state index contributed by atoms with van der Waals surface area (Å²) < 4.78 is 1.01. The van der Waals surface area contributed by atoms with Crippen LogP contribution >= 0.6 is 15.9 Å². The molecular formula is C17H19BrN2O. The number of amides is 1. The summed E-state index contributed by atoms with van der Waals surface area (Å²) in [5.41, 5.74) is 8.47. The molecule has 0 aliphatic carbocycles. The third kappa shape index (κ3) is 3.64. The molecule has 0 bridgehead atoms. The van der Waals surface area contributed by atoms with Crippen molar-refractivity contribution < 1.29 is 4.79 Å². The maximum absolute atomic E-state index is 12.5. The second kappa shape index (κ2) is 5.90. The fourth-order valence-electron chi connectivity index (χ4n) is 2.16. The minimum absolute atomic E-state index is 0.163. The van der Waals surface area contributed by atoms with Crippen LogP contribution in [-0.2, 0) is 5.54 Å². The molecule has 4 heteroatoms. The monoisotopic (exact) mass is 346 g/mol. The van der Waals surface area contributed by atoms with Crippen molar-refractivity contribution in [3.8, 4) is 0 Å². The number of halogens is 1. The van der Waals surface area contributed by atoms with Gasteiger partial charge in [-0.25, -0.2) is 0 Å². The summed E-state index contributed by atoms with van der Waals surface area (Å²) in [4.78, 5) is 12.5. The highest BCUT2D eigenvalue weighted by Gasteiger charge is 2.24. The Morgan fingerprint density at radius 1 is 1.14 bits per heavy atom. The molecule has 2 aromatic carbocycles. The summed E-state index contributed by atoms with van der Waals surface area (Å²) in [6, 6.07) is 13.4. The molecule has 0 saturated carbocycles. The zero-order valence-corrected chi connectivity index (χ0v) is 14.0. The molecule has 0 heterocycles. The third-order valence-corrected chi connectivity index (χ3v) is 3.97. The van der Waals surface area contributed by atoms with Crippen molar-refractivity contribution >= 4 is 27.5 Å². The Bertz CT molecular complexity index is 663. The molecule has 0 fully saturated rings. The highest BCUT2D eigenvalue weighted by Crippen LogP contribution is 2.23. The van der Waals surface area contributed by atoms with Gasteiger partial charge in [0.15, 0.2) is 0 Å². The fourth-order valence-corrected chi connectivity index (χ4v) is 2.42. The normalized spacial score (nSPS) is 11.2. The molecule has 0 saturated heterocycles. The smallest absolute Gasteiger partial charge is 0.254 e. The molecule has 0 aliphatic heterocycles. The van der Waals surface area contributed by atoms with Gasteiger partial charge in [-0.3, -0.25) is 4.79 Å². The molecule has 21 heavy (non-hydrogen) atoms. The number of carbonyl (C=O) groups is 1. The minimum Gasteiger partial charge on any atom is -0.398 e. The number of hydrogen-bond donors (Lipinski definition) is 2. The summed E-state index contributed by atoms with van der Waals surface area (Å²) in [5, 5.41) is 3.04. The number of anilines is 1. The SMILES string of the molecule is Cc1ccc(N)c(C(=O)NC(C)(C)c2ccc(Br)cc2)c1. The first-order chi connectivity index (χ1) is 9.79. The Morgan fingerprint density at radius 2 is 1.76 bits per heavy atom. The highest BCUT2D eigenvalue weighted by molar-refractivity contribution is 9.10. The molecule has 3 nitrogen and oxygen atoms in total. The molecule has 0 atom stereocenters. The lowest BCUT2D eigenvalue weighted by molar-refractivity contribution is 0.0913. The number of hydrogen-bond acceptors (Lipinski definition) is 2. The topological polar surface area (TPSA) is 55.1 Å². The second-order valence-electron chi connectivity index (χ2n) is 5.68. The minimum atomic E-state index is -0.478. The van der Waals surface area contributed by atoms with Crippen LogP contribution in [0.25, 0.3) is 0 Å². The Hall–Kier alpha value is -1.81. The lowest BCUT2D eigenvalue weighted by Gasteiger charge is -2.27. The van der Waals surface area contributed by atoms with E-state index in [4.69, 9.17) is 5.73 Å². The van der Waals surface area contributed by atoms with Gasteiger partial charge in [-0.15, -0.1) is 0 Å². The average Bonchev–Trinajstić information content (AvgIpc) is 2.41. The summed E-state index contributed by atoms with van der Waals surface area (Å²) >= 11 is 3.41. The van der Waals surface area contributed by atoms with E-state index in [0.29, 0.717) is 11.3 Å². The largest absolute Gasteiger partial charge is 0.398 e. The first-order valence-corrected chi connectivity index (χ1v) is 7.53. The van der Waals surface area contributed by atoms with Gasteiger partial charge < -0.3 is 11.1 Å². The van der Waals surface area contributed by atoms with Crippen LogP contribution in [0.5, 0.6) is 0 Å². The first kappa shape index (κ1) is 15.6. The van der Waals surface area contributed by atoms with E-state index in [1.54, 1.807) is 6.07 Å². The summed E-state index contributed by atoms with van der Waals surface area (Å²) in [6.45, 7) is 5.89. The van der Waals surface area contributed by atoms with Gasteiger partial charge in [0.2, 0.25) is 0 Å². The maximum atomic E-state index is 12.5. The van der Waals surface area contributed by atoms with E-state index in [-0.39, 0.29) is 5.91 Å². The number of nitrogen functional groups attached to an aromatic ring is 1. The molecule has 2 rings (SSSR count). The van der Waals surface area contributed by atoms with Crippen molar-refractivity contribution in [1.29, 1.82) is 0 Å². The van der Waals surface area contributed by atoms with Gasteiger partial charge in [-0.05, 0) is 50.6 Å². The van der Waals surface area contributed by atoms with Crippen LogP contribution in [0.2, 0.25) is 0 Å². The average molecular weight is 347 g/mol. The van der Waals surface area contributed by atoms with E-state index >= 15 is 0 Å². The molecule has 3 N–H and O–H groups in total. The van der Waals surface area contributed by atoms with E-state index in [0.717, 1.165) is 15.6 Å². The van der Waals surface area contributed by atoms with Crippen molar-refractivity contribution in [3.05, 3.63) is 63.6 Å². The zero-order valence-electron chi connectivity index (χ0n) is 12.4. The Balaban J connectivity index is 2.25. The Morgan fingerprint density at radius 3 is 2.38 bits per heavy atom. The van der Waals surface area contributed by atoms with Crippen LogP contribution in [0.1, 0.15) is 35.3 Å². The molecule has 2 aromatic rings. The fraction of sp³-hybridized carbons (Fsp3) is 0.235. The predicted octanol–water partition coefficient (Wildman–Crippen LogP) is 4.00. The number of nitrogens with two attached hydrogens (primary N) is 1. The van der Waals surface area contributed by atoms with Gasteiger partial charge in [0, 0.05) is 10.2 Å². The number of benzene rings is 2. The number of nitrogens with one attached hydrogen (secondary N) is 1. The van der Waals surface area contributed by atoms with Crippen LogP contribution in [0.15, 0.2) is 46.9 Å². The van der Waals surface area contributed by atoms with Gasteiger partial charge >= 0.3 is 0 Å². The van der Waals surface area contributed by atoms with Gasteiger partial charge in [0.1, 0.15) is 0 Å². The van der Waals surface area contributed by atoms with Crippen molar-refractivity contribution in [2.24, 2.45) is 0 Å². The van der Waals surface area contributed by atoms with E-state index in [2.05, 4.69) is 21.2 Å². The Kier molecular flexibility index (Phi) is 4.37. The van der Waals surface area contributed by atoms with Crippen LogP contribution in [0.4, 0.5) is 5.69 Å². The number of carbonyl (C=O) groups excluding carboxylic acids is 1. The van der Waals surface area contributed by atoms with Crippen LogP contribution in [0, 0.1) is 6.92 Å². The molecule has 1 amide bonds. The van der Waals surface area contributed by atoms with Gasteiger partial charge in [-0.2, -0.15) is 0 Å². The summed E-state index contributed by atoms with van der Waals surface area (Å²) in [7, 11) is 0. The van der Waals surface area contributed by atoms with E-state index < -0.39 is 5.54 Å². The van der Waals surface area contributed by atoms with Gasteiger partial charge in [-0.1, -0.05) is 39.7 Å². The maximum Gasteiger partial charge on any atom is 0.254 e. The summed E-state index contributed by atoms with van der Waals surface area (Å²) in [6.07, 6.45) is 0. The number of rotatable bonds is 3. The molecule has 0 aromatic heterocycles. The predicted molar refractivity (Wildman–Crippen MR) is 90.2 cm³/mol. The second-order valence-corrected chi connectivity index (χ2v) is 6.59. The summed E-state index contributed by atoms with van der Waals surface area (Å²) in [5.74, 6) is -0.163. The van der Waals surface area contributed by atoms with Crippen molar-refractivity contribution in [2.75, 3.05) is 5.73 Å². The van der Waals surface area contributed by atoms with Crippen LogP contribution in [0.3, 0.4) is 0 Å². The lowest BCUT2D eigenvalue weighted by Crippen LogP contribution is -2.41. The van der Waals surface area contributed by atoms with Crippen LogP contribution in [-0.4, -0.2) is 5.91 Å². The molecule has 110 valence electrons. The van der Waals surface area contributed by atoms with E-state index in [1.807, 2.05) is 57.2 Å². The van der Waals surface area contributed by atoms with Crippen LogP contribution < -0.4 is 11.1 Å². The van der Waals surface area contributed by atoms with Gasteiger partial charge in [0.25, 0.3) is 5.91 Å². The highest BCUT2D eigenvalue weighted by atomic mass is 79.9. The molecular weight excluding hydrogens is 328 g/mol. The molecule has 0 unspecified atom stereocenters. The molecule has 0 aliphatic rings. The quantitative estimate of drug-likeness (QED) is 0.825. The Labute approximate surface area is 133 Å². The molecule has 0 radical (unpaired) electrons. The van der Waals surface area contributed by atoms with Crippen molar-refractivity contribution in [1.82, 2.24) is 5.32 Å².